The van der Waals surface area contributed by atoms with Crippen LogP contribution < -0.4 is 0 Å². The number of rotatable bonds is 1. The van der Waals surface area contributed by atoms with E-state index >= 15 is 0 Å². The van der Waals surface area contributed by atoms with Crippen molar-refractivity contribution < 1.29 is 0 Å². The third-order valence-corrected chi connectivity index (χ3v) is 11.9. The van der Waals surface area contributed by atoms with Gasteiger partial charge in [-0.25, -0.2) is 0 Å². The molecule has 222 valence electrons. The van der Waals surface area contributed by atoms with Crippen molar-refractivity contribution in [3.8, 4) is 27.9 Å². The second-order valence-corrected chi connectivity index (χ2v) is 14.9. The van der Waals surface area contributed by atoms with E-state index in [-0.39, 0.29) is 10.8 Å². The van der Waals surface area contributed by atoms with E-state index in [0.29, 0.717) is 0 Å². The summed E-state index contributed by atoms with van der Waals surface area (Å²) >= 11 is 0. The molecule has 1 heterocycles. The smallest absolute Gasteiger partial charge is 0.0544 e. The average molecular weight is 600 g/mol. The predicted octanol–water partition coefficient (Wildman–Crippen LogP) is 12.3. The fraction of sp³-hybridized carbons (Fsp3) is 0.130. The third kappa shape index (κ3) is 3.02. The Morgan fingerprint density at radius 3 is 1.45 bits per heavy atom. The summed E-state index contributed by atoms with van der Waals surface area (Å²) in [5.41, 5.74) is 14.8. The number of aromatic nitrogens is 1. The van der Waals surface area contributed by atoms with Gasteiger partial charge >= 0.3 is 0 Å². The van der Waals surface area contributed by atoms with Crippen molar-refractivity contribution in [1.82, 2.24) is 4.57 Å². The first-order valence-corrected chi connectivity index (χ1v) is 16.9. The lowest BCUT2D eigenvalue weighted by molar-refractivity contribution is 0.661. The quantitative estimate of drug-likeness (QED) is 0.165. The molecule has 1 nitrogen and oxygen atoms in total. The highest BCUT2D eigenvalue weighted by molar-refractivity contribution is 6.25. The predicted molar refractivity (Wildman–Crippen MR) is 200 cm³/mol. The number of nitrogens with zero attached hydrogens (tertiary/aromatic N) is 1. The summed E-state index contributed by atoms with van der Waals surface area (Å²) in [4.78, 5) is 0. The molecule has 0 spiro atoms. The van der Waals surface area contributed by atoms with E-state index in [1.807, 2.05) is 0 Å². The van der Waals surface area contributed by atoms with E-state index in [1.54, 1.807) is 0 Å². The Morgan fingerprint density at radius 1 is 0.383 bits per heavy atom. The molecule has 9 aromatic rings. The van der Waals surface area contributed by atoms with Crippen molar-refractivity contribution in [2.45, 2.75) is 38.5 Å². The first-order valence-electron chi connectivity index (χ1n) is 16.9. The normalized spacial score (nSPS) is 15.6. The minimum absolute atomic E-state index is 0.0766. The molecule has 0 unspecified atom stereocenters. The molecule has 47 heavy (non-hydrogen) atoms. The number of hydrogen-bond donors (Lipinski definition) is 0. The van der Waals surface area contributed by atoms with Crippen LogP contribution in [-0.4, -0.2) is 4.57 Å². The summed E-state index contributed by atoms with van der Waals surface area (Å²) in [6, 6.07) is 48.7. The Labute approximate surface area is 274 Å². The first-order chi connectivity index (χ1) is 22.8. The van der Waals surface area contributed by atoms with Gasteiger partial charge in [0.15, 0.2) is 0 Å². The van der Waals surface area contributed by atoms with Crippen molar-refractivity contribution in [3.63, 3.8) is 0 Å². The maximum atomic E-state index is 2.59. The highest BCUT2D eigenvalue weighted by atomic mass is 15.0. The van der Waals surface area contributed by atoms with Gasteiger partial charge in [-0.15, -0.1) is 0 Å². The van der Waals surface area contributed by atoms with Crippen molar-refractivity contribution in [2.24, 2.45) is 0 Å². The van der Waals surface area contributed by atoms with Crippen LogP contribution in [0.5, 0.6) is 0 Å². The van der Waals surface area contributed by atoms with Crippen LogP contribution in [0.2, 0.25) is 0 Å². The molecule has 0 bridgehead atoms. The maximum Gasteiger partial charge on any atom is 0.0544 e. The van der Waals surface area contributed by atoms with Gasteiger partial charge in [0.25, 0.3) is 0 Å². The minimum Gasteiger partial charge on any atom is -0.309 e. The van der Waals surface area contributed by atoms with Crippen LogP contribution in [0.3, 0.4) is 0 Å². The minimum atomic E-state index is -0.0766. The van der Waals surface area contributed by atoms with Gasteiger partial charge < -0.3 is 4.57 Å². The lowest BCUT2D eigenvalue weighted by Crippen LogP contribution is -2.15. The largest absolute Gasteiger partial charge is 0.309 e. The highest BCUT2D eigenvalue weighted by Crippen LogP contribution is 2.54. The van der Waals surface area contributed by atoms with Crippen LogP contribution in [0.1, 0.15) is 49.9 Å². The molecule has 0 radical (unpaired) electrons. The summed E-state index contributed by atoms with van der Waals surface area (Å²) in [5, 5.41) is 10.6. The fourth-order valence-corrected chi connectivity index (χ4v) is 9.58. The molecule has 0 saturated heterocycles. The van der Waals surface area contributed by atoms with Crippen molar-refractivity contribution >= 4 is 54.1 Å². The number of benzene rings is 8. The molecular weight excluding hydrogens is 567 g/mol. The van der Waals surface area contributed by atoms with E-state index < -0.39 is 0 Å². The molecule has 2 aliphatic rings. The lowest BCUT2D eigenvalue weighted by atomic mass is 9.82. The van der Waals surface area contributed by atoms with Gasteiger partial charge in [-0.1, -0.05) is 125 Å². The summed E-state index contributed by atoms with van der Waals surface area (Å²) < 4.78 is 2.59. The summed E-state index contributed by atoms with van der Waals surface area (Å²) in [6.07, 6.45) is 0. The van der Waals surface area contributed by atoms with Crippen LogP contribution in [-0.2, 0) is 10.8 Å². The zero-order chi connectivity index (χ0) is 31.4. The molecule has 0 atom stereocenters. The molecule has 2 aliphatic carbocycles. The molecule has 0 N–H and O–H groups in total. The fourth-order valence-electron chi connectivity index (χ4n) is 9.58. The van der Waals surface area contributed by atoms with Crippen LogP contribution in [0, 0.1) is 0 Å². The Morgan fingerprint density at radius 2 is 0.872 bits per heavy atom. The zero-order valence-corrected chi connectivity index (χ0v) is 27.1. The Balaban J connectivity index is 1.33. The number of fused-ring (bicyclic) bond motifs is 9. The average Bonchev–Trinajstić information content (AvgIpc) is 3.62. The van der Waals surface area contributed by atoms with Gasteiger partial charge in [-0.3, -0.25) is 0 Å². The van der Waals surface area contributed by atoms with Gasteiger partial charge in [0, 0.05) is 27.0 Å². The van der Waals surface area contributed by atoms with Crippen LogP contribution in [0.15, 0.2) is 127 Å². The SMILES string of the molecule is CC1(C)c2ccccc2-c2cc3c4cc5c(cc4n(-c4ccc6ccc7cccc8ccc4c6c78)c3cc21)C(C)(C)c1ccccc1-5. The summed E-state index contributed by atoms with van der Waals surface area (Å²) in [5.74, 6) is 0. The Kier molecular flexibility index (Phi) is 4.55. The highest BCUT2D eigenvalue weighted by Gasteiger charge is 2.38. The van der Waals surface area contributed by atoms with Crippen LogP contribution in [0.4, 0.5) is 0 Å². The molecular formula is C46H33N. The molecule has 0 amide bonds. The van der Waals surface area contributed by atoms with E-state index in [0.717, 1.165) is 0 Å². The molecule has 8 aromatic carbocycles. The standard InChI is InChI=1S/C46H33N/c1-45(2)36-14-7-5-12-29(36)32-22-34-35-23-33-30-13-6-8-15-37(30)46(3,4)39(33)25-42(35)47(41(34)24-38(32)45)40-21-19-28-17-16-26-10-9-11-27-18-20-31(40)44(28)43(26)27/h5-25H,1-4H3. The van der Waals surface area contributed by atoms with Crippen LogP contribution >= 0.6 is 0 Å². The second-order valence-electron chi connectivity index (χ2n) is 14.9. The van der Waals surface area contributed by atoms with E-state index in [9.17, 15) is 0 Å². The van der Waals surface area contributed by atoms with Crippen molar-refractivity contribution in [3.05, 3.63) is 150 Å². The van der Waals surface area contributed by atoms with Gasteiger partial charge in [0.2, 0.25) is 0 Å². The van der Waals surface area contributed by atoms with Gasteiger partial charge in [0.05, 0.1) is 16.7 Å². The third-order valence-electron chi connectivity index (χ3n) is 11.9. The van der Waals surface area contributed by atoms with Gasteiger partial charge in [0.1, 0.15) is 0 Å². The molecule has 0 saturated carbocycles. The maximum absolute atomic E-state index is 2.59. The summed E-state index contributed by atoms with van der Waals surface area (Å²) in [7, 11) is 0. The monoisotopic (exact) mass is 599 g/mol. The molecule has 0 aliphatic heterocycles. The lowest BCUT2D eigenvalue weighted by Gasteiger charge is -2.22. The first kappa shape index (κ1) is 25.8. The van der Waals surface area contributed by atoms with Crippen molar-refractivity contribution in [2.75, 3.05) is 0 Å². The van der Waals surface area contributed by atoms with E-state index in [1.165, 1.54) is 104 Å². The zero-order valence-electron chi connectivity index (χ0n) is 27.1. The molecule has 11 rings (SSSR count). The Bertz CT molecular complexity index is 2700. The Hall–Kier alpha value is -5.40. The van der Waals surface area contributed by atoms with Crippen LogP contribution in [0.25, 0.3) is 82.1 Å². The van der Waals surface area contributed by atoms with E-state index in [2.05, 4.69) is 160 Å². The molecule has 0 fully saturated rings. The van der Waals surface area contributed by atoms with Crippen molar-refractivity contribution in [1.29, 1.82) is 0 Å². The topological polar surface area (TPSA) is 4.93 Å². The van der Waals surface area contributed by atoms with Gasteiger partial charge in [-0.2, -0.15) is 0 Å². The molecule has 1 heteroatoms. The van der Waals surface area contributed by atoms with Gasteiger partial charge in [-0.05, 0) is 102 Å². The number of hydrogen-bond acceptors (Lipinski definition) is 0. The molecule has 1 aromatic heterocycles. The van der Waals surface area contributed by atoms with E-state index in [4.69, 9.17) is 0 Å². The summed E-state index contributed by atoms with van der Waals surface area (Å²) in [6.45, 7) is 9.56. The second kappa shape index (κ2) is 8.30.